The molecule has 0 fully saturated rings. The largest absolute Gasteiger partial charge is 0.375 e. The van der Waals surface area contributed by atoms with Crippen molar-refractivity contribution in [3.8, 4) is 5.69 Å². The molecule has 0 unspecified atom stereocenters. The van der Waals surface area contributed by atoms with Crippen molar-refractivity contribution in [3.63, 3.8) is 0 Å². The molecule has 4 rings (SSSR count). The highest BCUT2D eigenvalue weighted by molar-refractivity contribution is 7.15. The molecule has 0 aliphatic heterocycles. The smallest absolute Gasteiger partial charge is 0.180 e. The number of rotatable bonds is 4. The highest BCUT2D eigenvalue weighted by Gasteiger charge is 2.11. The van der Waals surface area contributed by atoms with Gasteiger partial charge >= 0.3 is 0 Å². The minimum absolute atomic E-state index is 0.562. The number of nitrogens with two attached hydrogens (primary N) is 1. The first-order valence-electron chi connectivity index (χ1n) is 6.99. The Morgan fingerprint density at radius 3 is 2.74 bits per heavy atom. The van der Waals surface area contributed by atoms with Crippen LogP contribution >= 0.6 is 11.3 Å². The highest BCUT2D eigenvalue weighted by Crippen LogP contribution is 2.23. The van der Waals surface area contributed by atoms with E-state index in [4.69, 9.17) is 5.73 Å². The maximum absolute atomic E-state index is 5.65. The molecule has 0 saturated carbocycles. The number of nitrogens with zero attached hydrogens (tertiary/aromatic N) is 5. The molecule has 8 heteroatoms. The lowest BCUT2D eigenvalue weighted by molar-refractivity contribution is 0.895. The number of nitrogen functional groups attached to an aromatic ring is 1. The Hall–Kier alpha value is -3.00. The molecule has 0 saturated heterocycles. The number of hydrogen-bond acceptors (Lipinski definition) is 7. The molecule has 0 aliphatic carbocycles. The van der Waals surface area contributed by atoms with Crippen molar-refractivity contribution >= 4 is 33.3 Å². The van der Waals surface area contributed by atoms with Gasteiger partial charge in [0, 0.05) is 11.1 Å². The normalized spacial score (nSPS) is 11.0. The predicted molar refractivity (Wildman–Crippen MR) is 90.5 cm³/mol. The van der Waals surface area contributed by atoms with Gasteiger partial charge in [-0.15, -0.1) is 11.3 Å². The van der Waals surface area contributed by atoms with E-state index in [0.29, 0.717) is 11.7 Å². The van der Waals surface area contributed by atoms with Gasteiger partial charge in [-0.25, -0.2) is 19.6 Å². The standard InChI is InChI=1S/C15H13N7S/c16-15-18-7-11(23-15)6-17-13-12-8-21-22(14(12)20-9-19-13)10-4-2-1-3-5-10/h1-5,7-9H,6H2,(H2,16,18)(H,17,19,20). The van der Waals surface area contributed by atoms with Crippen LogP contribution in [0.1, 0.15) is 4.88 Å². The Bertz CT molecular complexity index is 945. The van der Waals surface area contributed by atoms with E-state index in [9.17, 15) is 0 Å². The number of aromatic nitrogens is 5. The summed E-state index contributed by atoms with van der Waals surface area (Å²) in [6.45, 7) is 0.609. The summed E-state index contributed by atoms with van der Waals surface area (Å²) >= 11 is 1.45. The van der Waals surface area contributed by atoms with Gasteiger partial charge in [0.15, 0.2) is 10.8 Å². The molecule has 114 valence electrons. The molecule has 3 aromatic heterocycles. The Morgan fingerprint density at radius 2 is 1.96 bits per heavy atom. The first-order chi connectivity index (χ1) is 11.3. The second-order valence-electron chi connectivity index (χ2n) is 4.87. The zero-order valence-electron chi connectivity index (χ0n) is 12.0. The van der Waals surface area contributed by atoms with E-state index in [1.807, 2.05) is 30.3 Å². The molecule has 3 N–H and O–H groups in total. The summed E-state index contributed by atoms with van der Waals surface area (Å²) in [5.74, 6) is 0.740. The Kier molecular flexibility index (Phi) is 3.35. The fraction of sp³-hybridized carbons (Fsp3) is 0.0667. The number of para-hydroxylation sites is 1. The van der Waals surface area contributed by atoms with Crippen LogP contribution in [0.3, 0.4) is 0 Å². The molecule has 0 amide bonds. The number of nitrogens with one attached hydrogen (secondary N) is 1. The van der Waals surface area contributed by atoms with Crippen LogP contribution in [0, 0.1) is 0 Å². The van der Waals surface area contributed by atoms with Gasteiger partial charge in [-0.1, -0.05) is 18.2 Å². The summed E-state index contributed by atoms with van der Waals surface area (Å²) in [6, 6.07) is 9.89. The summed E-state index contributed by atoms with van der Waals surface area (Å²) in [7, 11) is 0. The quantitative estimate of drug-likeness (QED) is 0.599. The van der Waals surface area contributed by atoms with Crippen LogP contribution in [0.4, 0.5) is 10.9 Å². The number of hydrogen-bond donors (Lipinski definition) is 2. The molecule has 0 atom stereocenters. The molecule has 0 aliphatic rings. The van der Waals surface area contributed by atoms with Gasteiger partial charge < -0.3 is 11.1 Å². The number of fused-ring (bicyclic) bond motifs is 1. The Balaban J connectivity index is 1.67. The molecule has 0 bridgehead atoms. The van der Waals surface area contributed by atoms with Crippen LogP contribution in [-0.2, 0) is 6.54 Å². The lowest BCUT2D eigenvalue weighted by Gasteiger charge is -2.05. The second kappa shape index (κ2) is 5.65. The van der Waals surface area contributed by atoms with Gasteiger partial charge in [0.25, 0.3) is 0 Å². The van der Waals surface area contributed by atoms with Crippen molar-refractivity contribution in [2.24, 2.45) is 0 Å². The van der Waals surface area contributed by atoms with Crippen LogP contribution in [0.15, 0.2) is 49.1 Å². The third-order valence-electron chi connectivity index (χ3n) is 3.37. The zero-order valence-corrected chi connectivity index (χ0v) is 12.9. The molecular weight excluding hydrogens is 310 g/mol. The molecular formula is C15H13N7S. The summed E-state index contributed by atoms with van der Waals surface area (Å²) in [5.41, 5.74) is 7.37. The van der Waals surface area contributed by atoms with Crippen molar-refractivity contribution in [2.75, 3.05) is 11.1 Å². The number of thiazole rings is 1. The van der Waals surface area contributed by atoms with Crippen LogP contribution in [-0.4, -0.2) is 24.7 Å². The van der Waals surface area contributed by atoms with E-state index in [2.05, 4.69) is 25.4 Å². The van der Waals surface area contributed by atoms with Crippen molar-refractivity contribution in [2.45, 2.75) is 6.54 Å². The van der Waals surface area contributed by atoms with Gasteiger partial charge in [-0.05, 0) is 12.1 Å². The van der Waals surface area contributed by atoms with Crippen molar-refractivity contribution in [1.82, 2.24) is 24.7 Å². The monoisotopic (exact) mass is 323 g/mol. The Labute approximate surface area is 135 Å². The van der Waals surface area contributed by atoms with Gasteiger partial charge in [-0.3, -0.25) is 0 Å². The summed E-state index contributed by atoms with van der Waals surface area (Å²) in [5, 5.41) is 9.15. The van der Waals surface area contributed by atoms with Crippen molar-refractivity contribution < 1.29 is 0 Å². The van der Waals surface area contributed by atoms with Crippen LogP contribution < -0.4 is 11.1 Å². The van der Waals surface area contributed by atoms with Gasteiger partial charge in [0.05, 0.1) is 23.8 Å². The maximum atomic E-state index is 5.65. The third kappa shape index (κ3) is 2.59. The summed E-state index contributed by atoms with van der Waals surface area (Å²) in [4.78, 5) is 13.8. The third-order valence-corrected chi connectivity index (χ3v) is 4.19. The topological polar surface area (TPSA) is 94.5 Å². The predicted octanol–water partition coefficient (Wildman–Crippen LogP) is 2.47. The molecule has 0 spiro atoms. The second-order valence-corrected chi connectivity index (χ2v) is 6.02. The minimum Gasteiger partial charge on any atom is -0.375 e. The van der Waals surface area contributed by atoms with Gasteiger partial charge in [0.2, 0.25) is 0 Å². The number of anilines is 2. The van der Waals surface area contributed by atoms with E-state index in [1.54, 1.807) is 17.1 Å². The lowest BCUT2D eigenvalue weighted by atomic mass is 10.3. The number of benzene rings is 1. The van der Waals surface area contributed by atoms with Crippen LogP contribution in [0.2, 0.25) is 0 Å². The first-order valence-corrected chi connectivity index (χ1v) is 7.81. The Morgan fingerprint density at radius 1 is 1.09 bits per heavy atom. The van der Waals surface area contributed by atoms with Gasteiger partial charge in [0.1, 0.15) is 12.1 Å². The maximum Gasteiger partial charge on any atom is 0.180 e. The molecule has 1 aromatic carbocycles. The summed E-state index contributed by atoms with van der Waals surface area (Å²) in [6.07, 6.45) is 5.07. The molecule has 7 nitrogen and oxygen atoms in total. The molecule has 4 aromatic rings. The van der Waals surface area contributed by atoms with E-state index in [-0.39, 0.29) is 0 Å². The lowest BCUT2D eigenvalue weighted by Crippen LogP contribution is -2.02. The van der Waals surface area contributed by atoms with Gasteiger partial charge in [-0.2, -0.15) is 5.10 Å². The zero-order chi connectivity index (χ0) is 15.6. The minimum atomic E-state index is 0.562. The molecule has 3 heterocycles. The SMILES string of the molecule is Nc1ncc(CNc2ncnc3c2cnn3-c2ccccc2)s1. The van der Waals surface area contributed by atoms with Crippen molar-refractivity contribution in [1.29, 1.82) is 0 Å². The van der Waals surface area contributed by atoms with E-state index < -0.39 is 0 Å². The van der Waals surface area contributed by atoms with Crippen LogP contribution in [0.5, 0.6) is 0 Å². The van der Waals surface area contributed by atoms with E-state index in [1.165, 1.54) is 17.7 Å². The van der Waals surface area contributed by atoms with Crippen molar-refractivity contribution in [3.05, 3.63) is 53.9 Å². The van der Waals surface area contributed by atoms with E-state index >= 15 is 0 Å². The average Bonchev–Trinajstić information content (AvgIpc) is 3.20. The molecule has 0 radical (unpaired) electrons. The fourth-order valence-corrected chi connectivity index (χ4v) is 2.94. The highest BCUT2D eigenvalue weighted by atomic mass is 32.1. The fourth-order valence-electron chi connectivity index (χ4n) is 2.32. The van der Waals surface area contributed by atoms with Crippen LogP contribution in [0.25, 0.3) is 16.7 Å². The summed E-state index contributed by atoms with van der Waals surface area (Å²) < 4.78 is 1.80. The average molecular weight is 323 g/mol. The first kappa shape index (κ1) is 13.6. The molecule has 23 heavy (non-hydrogen) atoms. The van der Waals surface area contributed by atoms with E-state index in [0.717, 1.165) is 27.4 Å².